The maximum absolute atomic E-state index is 14.3. The summed E-state index contributed by atoms with van der Waals surface area (Å²) in [5, 5.41) is 45.3. The number of fused-ring (bicyclic) bond motifs is 3. The van der Waals surface area contributed by atoms with Crippen molar-refractivity contribution in [2.24, 2.45) is 29.6 Å². The largest absolute Gasteiger partial charge is 0.462 e. The standard InChI is InChI=1S/C48H74O15/c1-11-25(2)43-28(5)17-18-47(63-43)23-34-20-33(62-47)16-15-27(4)42(26(3)13-12-14-32(24-49)48(54)35(46(53)59-34)19-29(6)40(50)45(48)52)60-39-22-37(56-10)44(31(8)58-39)61-38-21-36(55-9)41(51)30(7)57-38/h12-15,17-18,24-26,28-31,33-45,50-52,54H,11,16,19-23H2,1-10H3/b13-12-,27-15-,32-14-/t25?,26?,28?,29?,30?,31?,33?,34?,35?,36?,37?,38?,39?,40?,41?,42?,43?,44?,45?,47-,48-/m1/s1. The fourth-order valence-electron chi connectivity index (χ4n) is 10.5. The zero-order valence-corrected chi connectivity index (χ0v) is 38.7. The average molecular weight is 891 g/mol. The van der Waals surface area contributed by atoms with Crippen molar-refractivity contribution in [1.29, 1.82) is 0 Å². The third kappa shape index (κ3) is 10.8. The molecule has 0 aromatic rings. The van der Waals surface area contributed by atoms with Crippen LogP contribution in [-0.2, 0) is 52.2 Å². The molecule has 3 saturated heterocycles. The molecule has 4 N–H and O–H groups in total. The molecule has 6 rings (SSSR count). The molecule has 63 heavy (non-hydrogen) atoms. The SMILES string of the molecule is CCC(C)C1O[C@]2(C=CC1C)CC1CC(C/C=C(/C)C(OC3CC(OC)C(OC4CC(OC)C(O)C(C)O4)C(C)O3)C(C)/C=C\C=C(\C=O)[C@@]3(O)C(CC(C)C(O)C3O)C(=O)O1)O2. The summed E-state index contributed by atoms with van der Waals surface area (Å²) in [6.07, 6.45) is 4.09. The molecular weight excluding hydrogens is 817 g/mol. The number of aliphatic hydroxyl groups is 4. The Morgan fingerprint density at radius 3 is 2.24 bits per heavy atom. The maximum Gasteiger partial charge on any atom is 0.312 e. The van der Waals surface area contributed by atoms with Crippen LogP contribution in [0.2, 0.25) is 0 Å². The number of aliphatic hydroxyl groups excluding tert-OH is 3. The fourth-order valence-corrected chi connectivity index (χ4v) is 10.5. The summed E-state index contributed by atoms with van der Waals surface area (Å²) in [6, 6.07) is 0. The fraction of sp³-hybridized carbons (Fsp3) is 0.792. The van der Waals surface area contributed by atoms with Gasteiger partial charge >= 0.3 is 5.97 Å². The van der Waals surface area contributed by atoms with Crippen LogP contribution in [0.5, 0.6) is 0 Å². The summed E-state index contributed by atoms with van der Waals surface area (Å²) in [7, 11) is 3.16. The average Bonchev–Trinajstić information content (AvgIpc) is 3.25. The zero-order chi connectivity index (χ0) is 46.0. The monoisotopic (exact) mass is 891 g/mol. The predicted molar refractivity (Wildman–Crippen MR) is 230 cm³/mol. The Morgan fingerprint density at radius 2 is 1.56 bits per heavy atom. The number of hydrogen-bond donors (Lipinski definition) is 4. The van der Waals surface area contributed by atoms with Crippen molar-refractivity contribution >= 4 is 12.3 Å². The van der Waals surface area contributed by atoms with E-state index in [4.69, 9.17) is 42.6 Å². The number of methoxy groups -OCH3 is 2. The summed E-state index contributed by atoms with van der Waals surface area (Å²) in [4.78, 5) is 27.1. The van der Waals surface area contributed by atoms with Crippen molar-refractivity contribution in [3.8, 4) is 0 Å². The Hall–Kier alpha value is -2.38. The Bertz CT molecular complexity index is 1680. The summed E-state index contributed by atoms with van der Waals surface area (Å²) in [6.45, 7) is 15.7. The van der Waals surface area contributed by atoms with Gasteiger partial charge in [0.1, 0.15) is 36.3 Å². The minimum Gasteiger partial charge on any atom is -0.462 e. The van der Waals surface area contributed by atoms with Gasteiger partial charge in [0.2, 0.25) is 0 Å². The Kier molecular flexibility index (Phi) is 16.7. The number of rotatable bonds is 9. The molecule has 5 aliphatic heterocycles. The lowest BCUT2D eigenvalue weighted by Crippen LogP contribution is -2.63. The number of carbonyl (C=O) groups excluding carboxylic acids is 2. The van der Waals surface area contributed by atoms with E-state index in [1.54, 1.807) is 34.1 Å². The van der Waals surface area contributed by atoms with Crippen LogP contribution in [0, 0.1) is 29.6 Å². The number of allylic oxidation sites excluding steroid dienone is 2. The quantitative estimate of drug-likeness (QED) is 0.142. The van der Waals surface area contributed by atoms with Gasteiger partial charge in [-0.25, -0.2) is 0 Å². The molecule has 21 atom stereocenters. The van der Waals surface area contributed by atoms with Gasteiger partial charge in [-0.15, -0.1) is 0 Å². The highest BCUT2D eigenvalue weighted by molar-refractivity contribution is 5.83. The first-order chi connectivity index (χ1) is 29.9. The second-order valence-corrected chi connectivity index (χ2v) is 19.1. The predicted octanol–water partition coefficient (Wildman–Crippen LogP) is 4.62. The van der Waals surface area contributed by atoms with Gasteiger partial charge in [-0.2, -0.15) is 0 Å². The van der Waals surface area contributed by atoms with Crippen molar-refractivity contribution in [1.82, 2.24) is 0 Å². The van der Waals surface area contributed by atoms with Gasteiger partial charge in [0.25, 0.3) is 0 Å². The van der Waals surface area contributed by atoms with Gasteiger partial charge in [0.05, 0.1) is 54.7 Å². The number of carbonyl (C=O) groups is 2. The van der Waals surface area contributed by atoms with E-state index >= 15 is 0 Å². The number of esters is 1. The van der Waals surface area contributed by atoms with Crippen molar-refractivity contribution in [2.45, 2.75) is 198 Å². The Balaban J connectivity index is 1.32. The Labute approximate surface area is 373 Å². The summed E-state index contributed by atoms with van der Waals surface area (Å²) < 4.78 is 57.2. The normalized spacial score (nSPS) is 49.1. The molecule has 0 aromatic carbocycles. The molecule has 2 bridgehead atoms. The van der Waals surface area contributed by atoms with Crippen molar-refractivity contribution in [2.75, 3.05) is 14.2 Å². The smallest absolute Gasteiger partial charge is 0.312 e. The van der Waals surface area contributed by atoms with E-state index in [9.17, 15) is 30.0 Å². The highest BCUT2D eigenvalue weighted by atomic mass is 16.7. The molecule has 19 unspecified atom stereocenters. The van der Waals surface area contributed by atoms with Gasteiger partial charge in [-0.1, -0.05) is 71.4 Å². The van der Waals surface area contributed by atoms with Gasteiger partial charge in [0, 0.05) is 57.3 Å². The van der Waals surface area contributed by atoms with Crippen LogP contribution in [0.25, 0.3) is 0 Å². The van der Waals surface area contributed by atoms with E-state index in [1.165, 1.54) is 6.08 Å². The summed E-state index contributed by atoms with van der Waals surface area (Å²) in [5.41, 5.74) is -1.85. The van der Waals surface area contributed by atoms with E-state index in [0.29, 0.717) is 32.0 Å². The third-order valence-corrected chi connectivity index (χ3v) is 14.6. The molecule has 0 aromatic heterocycles. The molecule has 4 fully saturated rings. The minimum atomic E-state index is -2.45. The van der Waals surface area contributed by atoms with E-state index in [2.05, 4.69) is 32.9 Å². The highest BCUT2D eigenvalue weighted by Gasteiger charge is 2.58. The molecule has 1 spiro atoms. The van der Waals surface area contributed by atoms with E-state index in [-0.39, 0.29) is 42.3 Å². The molecule has 1 aliphatic carbocycles. The molecular formula is C48H74O15. The Morgan fingerprint density at radius 1 is 0.873 bits per heavy atom. The van der Waals surface area contributed by atoms with Crippen LogP contribution in [0.4, 0.5) is 0 Å². The second-order valence-electron chi connectivity index (χ2n) is 19.1. The molecule has 6 aliphatic rings. The molecule has 0 radical (unpaired) electrons. The topological polar surface area (TPSA) is 198 Å². The third-order valence-electron chi connectivity index (χ3n) is 14.6. The van der Waals surface area contributed by atoms with Crippen LogP contribution in [0.15, 0.2) is 47.6 Å². The molecule has 15 heteroatoms. The first-order valence-electron chi connectivity index (χ1n) is 23.1. The lowest BCUT2D eigenvalue weighted by molar-refractivity contribution is -0.318. The number of ether oxygens (including phenoxy) is 9. The highest BCUT2D eigenvalue weighted by Crippen LogP contribution is 2.45. The zero-order valence-electron chi connectivity index (χ0n) is 38.7. The van der Waals surface area contributed by atoms with Crippen LogP contribution in [0.1, 0.15) is 100 Å². The number of aldehydes is 1. The molecule has 0 amide bonds. The summed E-state index contributed by atoms with van der Waals surface area (Å²) >= 11 is 0. The second kappa shape index (κ2) is 21.1. The van der Waals surface area contributed by atoms with E-state index < -0.39 is 109 Å². The molecule has 15 nitrogen and oxygen atoms in total. The van der Waals surface area contributed by atoms with Crippen LogP contribution in [0.3, 0.4) is 0 Å². The van der Waals surface area contributed by atoms with E-state index in [1.807, 2.05) is 32.9 Å². The van der Waals surface area contributed by atoms with Gasteiger partial charge in [0.15, 0.2) is 18.4 Å². The van der Waals surface area contributed by atoms with Crippen LogP contribution < -0.4 is 0 Å². The van der Waals surface area contributed by atoms with Gasteiger partial charge in [-0.05, 0) is 57.1 Å². The first kappa shape index (κ1) is 50.0. The van der Waals surface area contributed by atoms with Crippen LogP contribution >= 0.6 is 0 Å². The summed E-state index contributed by atoms with van der Waals surface area (Å²) in [5.74, 6) is -3.91. The number of hydrogen-bond acceptors (Lipinski definition) is 15. The van der Waals surface area contributed by atoms with Crippen molar-refractivity contribution in [3.63, 3.8) is 0 Å². The maximum atomic E-state index is 14.3. The first-order valence-corrected chi connectivity index (χ1v) is 23.1. The van der Waals surface area contributed by atoms with Crippen molar-refractivity contribution < 1.29 is 72.6 Å². The van der Waals surface area contributed by atoms with Gasteiger partial charge in [-0.3, -0.25) is 9.59 Å². The van der Waals surface area contributed by atoms with E-state index in [0.717, 1.165) is 12.0 Å². The molecule has 5 heterocycles. The molecule has 356 valence electrons. The lowest BCUT2D eigenvalue weighted by Gasteiger charge is -2.49. The van der Waals surface area contributed by atoms with Crippen molar-refractivity contribution in [3.05, 3.63) is 47.6 Å². The van der Waals surface area contributed by atoms with Crippen LogP contribution in [-0.4, -0.2) is 144 Å². The molecule has 1 saturated carbocycles. The van der Waals surface area contributed by atoms with Gasteiger partial charge < -0.3 is 63.1 Å². The lowest BCUT2D eigenvalue weighted by atomic mass is 9.65. The minimum absolute atomic E-state index is 0.0315.